The lowest BCUT2D eigenvalue weighted by Crippen LogP contribution is -2.48. The average molecular weight is 464 g/mol. The molecule has 0 N–H and O–H groups in total. The van der Waals surface area contributed by atoms with E-state index in [2.05, 4.69) is 26.9 Å². The Morgan fingerprint density at radius 1 is 1.00 bits per heavy atom. The van der Waals surface area contributed by atoms with Crippen molar-refractivity contribution in [1.29, 1.82) is 0 Å². The molecule has 0 saturated carbocycles. The summed E-state index contributed by atoms with van der Waals surface area (Å²) in [7, 11) is -3.73. The molecule has 1 aliphatic heterocycles. The maximum absolute atomic E-state index is 13.0. The van der Waals surface area contributed by atoms with Gasteiger partial charge in [-0.3, -0.25) is 0 Å². The number of benzene rings is 2. The highest BCUT2D eigenvalue weighted by Crippen LogP contribution is 2.35. The van der Waals surface area contributed by atoms with Crippen LogP contribution >= 0.6 is 39.1 Å². The number of halogens is 3. The summed E-state index contributed by atoms with van der Waals surface area (Å²) >= 11 is 15.6. The highest BCUT2D eigenvalue weighted by molar-refractivity contribution is 9.10. The van der Waals surface area contributed by atoms with Gasteiger partial charge in [0, 0.05) is 36.3 Å². The Balaban J connectivity index is 1.81. The van der Waals surface area contributed by atoms with Gasteiger partial charge in [-0.25, -0.2) is 8.42 Å². The number of anilines is 1. The van der Waals surface area contributed by atoms with Crippen molar-refractivity contribution >= 4 is 54.8 Å². The zero-order valence-corrected chi connectivity index (χ0v) is 17.5. The SMILES string of the molecule is Cc1cccc(N2CCN(S(=O)(=O)c3c(Cl)cc(Br)cc3Cl)CC2)c1. The lowest BCUT2D eigenvalue weighted by atomic mass is 10.2. The summed E-state index contributed by atoms with van der Waals surface area (Å²) in [6, 6.07) is 11.3. The van der Waals surface area contributed by atoms with E-state index in [1.54, 1.807) is 12.1 Å². The van der Waals surface area contributed by atoms with Gasteiger partial charge in [0.05, 0.1) is 10.0 Å². The van der Waals surface area contributed by atoms with E-state index in [9.17, 15) is 8.42 Å². The van der Waals surface area contributed by atoms with E-state index in [0.717, 1.165) is 5.69 Å². The second-order valence-corrected chi connectivity index (χ2v) is 9.53. The molecule has 0 aliphatic carbocycles. The van der Waals surface area contributed by atoms with E-state index < -0.39 is 10.0 Å². The largest absolute Gasteiger partial charge is 0.369 e. The molecular formula is C17H17BrCl2N2O2S. The molecule has 134 valence electrons. The van der Waals surface area contributed by atoms with Crippen LogP contribution in [-0.2, 0) is 10.0 Å². The molecule has 4 nitrogen and oxygen atoms in total. The van der Waals surface area contributed by atoms with E-state index in [1.165, 1.54) is 9.87 Å². The summed E-state index contributed by atoms with van der Waals surface area (Å²) in [5.41, 5.74) is 2.29. The van der Waals surface area contributed by atoms with Crippen molar-refractivity contribution in [2.45, 2.75) is 11.8 Å². The van der Waals surface area contributed by atoms with Crippen molar-refractivity contribution in [3.63, 3.8) is 0 Å². The summed E-state index contributed by atoms with van der Waals surface area (Å²) in [6.07, 6.45) is 0. The Labute approximate surface area is 166 Å². The Morgan fingerprint density at radius 2 is 1.60 bits per heavy atom. The molecule has 0 unspecified atom stereocenters. The highest BCUT2D eigenvalue weighted by atomic mass is 79.9. The molecule has 1 fully saturated rings. The van der Waals surface area contributed by atoms with Crippen molar-refractivity contribution in [3.05, 3.63) is 56.5 Å². The summed E-state index contributed by atoms with van der Waals surface area (Å²) in [5, 5.41) is 0.251. The molecule has 0 bridgehead atoms. The van der Waals surface area contributed by atoms with Crippen LogP contribution in [0.1, 0.15) is 5.56 Å². The van der Waals surface area contributed by atoms with Gasteiger partial charge in [-0.15, -0.1) is 0 Å². The number of rotatable bonds is 3. The van der Waals surface area contributed by atoms with Crippen LogP contribution in [0.3, 0.4) is 0 Å². The average Bonchev–Trinajstić information content (AvgIpc) is 2.53. The minimum absolute atomic E-state index is 0.0250. The van der Waals surface area contributed by atoms with Gasteiger partial charge in [0.2, 0.25) is 10.0 Å². The Morgan fingerprint density at radius 3 is 2.16 bits per heavy atom. The van der Waals surface area contributed by atoms with Crippen LogP contribution in [0.25, 0.3) is 0 Å². The minimum atomic E-state index is -3.73. The molecule has 8 heteroatoms. The van der Waals surface area contributed by atoms with E-state index in [1.807, 2.05) is 25.1 Å². The molecule has 0 amide bonds. The van der Waals surface area contributed by atoms with Gasteiger partial charge in [0.1, 0.15) is 4.90 Å². The lowest BCUT2D eigenvalue weighted by Gasteiger charge is -2.35. The highest BCUT2D eigenvalue weighted by Gasteiger charge is 2.32. The Bertz CT molecular complexity index is 874. The van der Waals surface area contributed by atoms with Gasteiger partial charge in [-0.05, 0) is 36.8 Å². The first-order valence-electron chi connectivity index (χ1n) is 7.75. The van der Waals surface area contributed by atoms with Crippen LogP contribution < -0.4 is 4.90 Å². The van der Waals surface area contributed by atoms with Gasteiger partial charge in [-0.1, -0.05) is 51.3 Å². The quantitative estimate of drug-likeness (QED) is 0.669. The van der Waals surface area contributed by atoms with Crippen molar-refractivity contribution in [1.82, 2.24) is 4.31 Å². The summed E-state index contributed by atoms with van der Waals surface area (Å²) in [6.45, 7) is 4.06. The van der Waals surface area contributed by atoms with Gasteiger partial charge in [-0.2, -0.15) is 4.31 Å². The molecule has 1 saturated heterocycles. The zero-order valence-electron chi connectivity index (χ0n) is 13.5. The van der Waals surface area contributed by atoms with Crippen LogP contribution in [0.15, 0.2) is 45.8 Å². The number of sulfonamides is 1. The van der Waals surface area contributed by atoms with Crippen molar-refractivity contribution in [2.75, 3.05) is 31.1 Å². The second-order valence-electron chi connectivity index (χ2n) is 5.93. The van der Waals surface area contributed by atoms with Crippen molar-refractivity contribution < 1.29 is 8.42 Å². The third-order valence-corrected chi connectivity index (χ3v) is 7.45. The monoisotopic (exact) mass is 462 g/mol. The standard InChI is InChI=1S/C17H17BrCl2N2O2S/c1-12-3-2-4-14(9-12)21-5-7-22(8-6-21)25(23,24)17-15(19)10-13(18)11-16(17)20/h2-4,9-11H,5-8H2,1H3. The fraction of sp³-hybridized carbons (Fsp3) is 0.294. The summed E-state index contributed by atoms with van der Waals surface area (Å²) in [4.78, 5) is 2.16. The van der Waals surface area contributed by atoms with E-state index in [0.29, 0.717) is 30.7 Å². The molecule has 1 heterocycles. The van der Waals surface area contributed by atoms with Gasteiger partial charge < -0.3 is 4.90 Å². The maximum atomic E-state index is 13.0. The fourth-order valence-electron chi connectivity index (χ4n) is 2.92. The smallest absolute Gasteiger partial charge is 0.246 e. The van der Waals surface area contributed by atoms with Crippen LogP contribution in [0.2, 0.25) is 10.0 Å². The maximum Gasteiger partial charge on any atom is 0.246 e. The molecule has 25 heavy (non-hydrogen) atoms. The summed E-state index contributed by atoms with van der Waals surface area (Å²) < 4.78 is 28.0. The molecule has 0 radical (unpaired) electrons. The van der Waals surface area contributed by atoms with Crippen molar-refractivity contribution in [2.24, 2.45) is 0 Å². The van der Waals surface area contributed by atoms with Crippen molar-refractivity contribution in [3.8, 4) is 0 Å². The van der Waals surface area contributed by atoms with Crippen LogP contribution in [0.5, 0.6) is 0 Å². The second kappa shape index (κ2) is 7.45. The molecule has 2 aromatic carbocycles. The van der Waals surface area contributed by atoms with E-state index in [4.69, 9.17) is 23.2 Å². The van der Waals surface area contributed by atoms with Gasteiger partial charge in [0.25, 0.3) is 0 Å². The molecule has 1 aliphatic rings. The number of hydrogen-bond donors (Lipinski definition) is 0. The predicted molar refractivity (Wildman–Crippen MR) is 106 cm³/mol. The molecular weight excluding hydrogens is 447 g/mol. The van der Waals surface area contributed by atoms with Crippen LogP contribution in [-0.4, -0.2) is 38.9 Å². The fourth-order valence-corrected chi connectivity index (χ4v) is 6.22. The molecule has 0 atom stereocenters. The summed E-state index contributed by atoms with van der Waals surface area (Å²) in [5.74, 6) is 0. The third kappa shape index (κ3) is 3.98. The van der Waals surface area contributed by atoms with Crippen LogP contribution in [0.4, 0.5) is 5.69 Å². The Kier molecular flexibility index (Phi) is 5.66. The molecule has 0 spiro atoms. The third-order valence-electron chi connectivity index (χ3n) is 4.17. The molecule has 0 aromatic heterocycles. The predicted octanol–water partition coefficient (Wildman–Crippen LogP) is 4.58. The lowest BCUT2D eigenvalue weighted by molar-refractivity contribution is 0.385. The first-order chi connectivity index (χ1) is 11.8. The van der Waals surface area contributed by atoms with E-state index in [-0.39, 0.29) is 14.9 Å². The number of nitrogens with zero attached hydrogens (tertiary/aromatic N) is 2. The molecule has 3 rings (SSSR count). The molecule has 2 aromatic rings. The number of hydrogen-bond acceptors (Lipinski definition) is 3. The van der Waals surface area contributed by atoms with E-state index >= 15 is 0 Å². The number of piperazine rings is 1. The Hall–Kier alpha value is -0.790. The van der Waals surface area contributed by atoms with Gasteiger partial charge in [0.15, 0.2) is 0 Å². The first-order valence-corrected chi connectivity index (χ1v) is 10.7. The van der Waals surface area contributed by atoms with Crippen LogP contribution in [0, 0.1) is 6.92 Å². The minimum Gasteiger partial charge on any atom is -0.369 e. The first kappa shape index (κ1) is 19.0. The normalized spacial score (nSPS) is 16.2. The number of aryl methyl sites for hydroxylation is 1. The van der Waals surface area contributed by atoms with Gasteiger partial charge >= 0.3 is 0 Å². The zero-order chi connectivity index (χ0) is 18.2. The topological polar surface area (TPSA) is 40.6 Å².